The summed E-state index contributed by atoms with van der Waals surface area (Å²) in [5, 5.41) is 10.4. The number of hydrogen-bond acceptors (Lipinski definition) is 8. The number of benzene rings is 1. The van der Waals surface area contributed by atoms with E-state index in [2.05, 4.69) is 15.5 Å². The second-order valence-corrected chi connectivity index (χ2v) is 6.67. The molecule has 1 saturated carbocycles. The molecule has 2 heterocycles. The lowest BCUT2D eigenvalue weighted by atomic mass is 10.2. The molecule has 130 valence electrons. The molecule has 2 aliphatic rings. The van der Waals surface area contributed by atoms with Crippen LogP contribution in [0.2, 0.25) is 0 Å². The minimum absolute atomic E-state index is 0.00219. The standard InChI is InChI=1S/C16H15N3O5S/c20-13(8-25-16-19-18-15(24-16)9-5-6-9)17-14(21)12-7-22-10-3-1-2-4-11(10)23-12/h1-4,9,12H,5-8H2,(H,17,20,21)/t12-/m1/s1. The summed E-state index contributed by atoms with van der Waals surface area (Å²) in [7, 11) is 0. The van der Waals surface area contributed by atoms with Gasteiger partial charge in [-0.1, -0.05) is 23.9 Å². The predicted octanol–water partition coefficient (Wildman–Crippen LogP) is 1.52. The highest BCUT2D eigenvalue weighted by Crippen LogP contribution is 2.39. The van der Waals surface area contributed by atoms with E-state index in [9.17, 15) is 9.59 Å². The van der Waals surface area contributed by atoms with Crippen LogP contribution in [0.3, 0.4) is 0 Å². The fraction of sp³-hybridized carbons (Fsp3) is 0.375. The molecule has 1 aromatic carbocycles. The fourth-order valence-corrected chi connectivity index (χ4v) is 2.87. The minimum Gasteiger partial charge on any atom is -0.485 e. The second kappa shape index (κ2) is 6.75. The summed E-state index contributed by atoms with van der Waals surface area (Å²) in [5.41, 5.74) is 0. The van der Waals surface area contributed by atoms with Crippen LogP contribution in [-0.2, 0) is 9.59 Å². The van der Waals surface area contributed by atoms with Crippen molar-refractivity contribution in [2.45, 2.75) is 30.1 Å². The van der Waals surface area contributed by atoms with Crippen LogP contribution >= 0.6 is 11.8 Å². The summed E-state index contributed by atoms with van der Waals surface area (Å²) in [6, 6.07) is 7.06. The van der Waals surface area contributed by atoms with E-state index in [-0.39, 0.29) is 12.4 Å². The summed E-state index contributed by atoms with van der Waals surface area (Å²) in [4.78, 5) is 24.1. The molecule has 4 rings (SSSR count). The van der Waals surface area contributed by atoms with E-state index < -0.39 is 17.9 Å². The van der Waals surface area contributed by atoms with Crippen molar-refractivity contribution in [1.29, 1.82) is 0 Å². The fourth-order valence-electron chi connectivity index (χ4n) is 2.30. The van der Waals surface area contributed by atoms with Crippen molar-refractivity contribution in [1.82, 2.24) is 15.5 Å². The summed E-state index contributed by atoms with van der Waals surface area (Å²) in [5.74, 6) is 1.05. The maximum absolute atomic E-state index is 12.1. The number of nitrogens with zero attached hydrogens (tertiary/aromatic N) is 2. The van der Waals surface area contributed by atoms with Gasteiger partial charge in [0.2, 0.25) is 17.9 Å². The van der Waals surface area contributed by atoms with Crippen LogP contribution in [0.25, 0.3) is 0 Å². The highest BCUT2D eigenvalue weighted by atomic mass is 32.2. The molecule has 1 N–H and O–H groups in total. The van der Waals surface area contributed by atoms with Gasteiger partial charge in [0.15, 0.2) is 11.5 Å². The number of rotatable bonds is 5. The molecule has 9 heteroatoms. The van der Waals surface area contributed by atoms with Gasteiger partial charge in [0.1, 0.15) is 6.61 Å². The number of nitrogens with one attached hydrogen (secondary N) is 1. The number of amides is 2. The first-order valence-corrected chi connectivity index (χ1v) is 8.86. The van der Waals surface area contributed by atoms with E-state index in [0.29, 0.717) is 28.5 Å². The number of hydrogen-bond donors (Lipinski definition) is 1. The SMILES string of the molecule is O=C(CSc1nnc(C2CC2)o1)NC(=O)[C@H]1COc2ccccc2O1. The van der Waals surface area contributed by atoms with Crippen LogP contribution in [0.1, 0.15) is 24.7 Å². The molecule has 0 saturated heterocycles. The number of imide groups is 1. The highest BCUT2D eigenvalue weighted by molar-refractivity contribution is 7.99. The van der Waals surface area contributed by atoms with Crippen molar-refractivity contribution in [3.63, 3.8) is 0 Å². The normalized spacial score (nSPS) is 18.6. The Hall–Kier alpha value is -2.55. The average molecular weight is 361 g/mol. The zero-order valence-electron chi connectivity index (χ0n) is 13.1. The van der Waals surface area contributed by atoms with Crippen molar-refractivity contribution in [3.8, 4) is 11.5 Å². The number of thioether (sulfide) groups is 1. The third-order valence-corrected chi connectivity index (χ3v) is 4.56. The van der Waals surface area contributed by atoms with Crippen molar-refractivity contribution in [2.75, 3.05) is 12.4 Å². The summed E-state index contributed by atoms with van der Waals surface area (Å²) in [6.07, 6.45) is 1.26. The molecule has 2 amide bonds. The lowest BCUT2D eigenvalue weighted by Gasteiger charge is -2.25. The van der Waals surface area contributed by atoms with Crippen LogP contribution in [-0.4, -0.2) is 40.5 Å². The Morgan fingerprint density at radius 3 is 2.80 bits per heavy atom. The zero-order valence-corrected chi connectivity index (χ0v) is 14.0. The van der Waals surface area contributed by atoms with Gasteiger partial charge in [-0.15, -0.1) is 10.2 Å². The van der Waals surface area contributed by atoms with Gasteiger partial charge in [-0.2, -0.15) is 0 Å². The van der Waals surface area contributed by atoms with Crippen LogP contribution in [0.5, 0.6) is 11.5 Å². The number of aromatic nitrogens is 2. The molecule has 1 fully saturated rings. The Balaban J connectivity index is 1.26. The number of fused-ring (bicyclic) bond motifs is 1. The number of para-hydroxylation sites is 2. The Morgan fingerprint density at radius 1 is 1.20 bits per heavy atom. The first kappa shape index (κ1) is 15.9. The molecular weight excluding hydrogens is 346 g/mol. The van der Waals surface area contributed by atoms with E-state index in [1.54, 1.807) is 18.2 Å². The van der Waals surface area contributed by atoms with Gasteiger partial charge in [-0.25, -0.2) is 0 Å². The van der Waals surface area contributed by atoms with Gasteiger partial charge in [0.25, 0.3) is 11.1 Å². The number of ether oxygens (including phenoxy) is 2. The highest BCUT2D eigenvalue weighted by Gasteiger charge is 2.30. The average Bonchev–Trinajstić information content (AvgIpc) is 3.38. The van der Waals surface area contributed by atoms with Crippen LogP contribution in [0.4, 0.5) is 0 Å². The van der Waals surface area contributed by atoms with Gasteiger partial charge in [0.05, 0.1) is 5.75 Å². The smallest absolute Gasteiger partial charge is 0.277 e. The first-order chi connectivity index (χ1) is 12.2. The Labute approximate surface area is 147 Å². The van der Waals surface area contributed by atoms with E-state index in [4.69, 9.17) is 13.9 Å². The van der Waals surface area contributed by atoms with Crippen LogP contribution in [0, 0.1) is 0 Å². The third-order valence-electron chi connectivity index (χ3n) is 3.74. The molecule has 2 aromatic rings. The molecule has 1 aliphatic heterocycles. The van der Waals surface area contributed by atoms with Crippen molar-refractivity contribution >= 4 is 23.6 Å². The molecule has 1 aromatic heterocycles. The largest absolute Gasteiger partial charge is 0.485 e. The van der Waals surface area contributed by atoms with E-state index in [0.717, 1.165) is 24.6 Å². The summed E-state index contributed by atoms with van der Waals surface area (Å²) >= 11 is 1.10. The maximum atomic E-state index is 12.1. The third kappa shape index (κ3) is 3.76. The summed E-state index contributed by atoms with van der Waals surface area (Å²) in [6.45, 7) is 0.0533. The van der Waals surface area contributed by atoms with Crippen molar-refractivity contribution in [3.05, 3.63) is 30.2 Å². The molecule has 0 unspecified atom stereocenters. The van der Waals surface area contributed by atoms with Crippen LogP contribution in [0.15, 0.2) is 33.9 Å². The van der Waals surface area contributed by atoms with Gasteiger partial charge in [-0.3, -0.25) is 14.9 Å². The van der Waals surface area contributed by atoms with E-state index in [1.807, 2.05) is 6.07 Å². The topological polar surface area (TPSA) is 104 Å². The van der Waals surface area contributed by atoms with Crippen molar-refractivity contribution in [2.24, 2.45) is 0 Å². The van der Waals surface area contributed by atoms with Gasteiger partial charge < -0.3 is 13.9 Å². The monoisotopic (exact) mass is 361 g/mol. The lowest BCUT2D eigenvalue weighted by molar-refractivity contribution is -0.135. The Morgan fingerprint density at radius 2 is 2.00 bits per heavy atom. The predicted molar refractivity (Wildman–Crippen MR) is 86.5 cm³/mol. The minimum atomic E-state index is -0.867. The quantitative estimate of drug-likeness (QED) is 0.800. The second-order valence-electron chi connectivity index (χ2n) is 5.75. The Bertz CT molecular complexity index is 805. The molecule has 1 atom stereocenters. The van der Waals surface area contributed by atoms with Crippen LogP contribution < -0.4 is 14.8 Å². The van der Waals surface area contributed by atoms with Gasteiger partial charge in [-0.05, 0) is 25.0 Å². The maximum Gasteiger partial charge on any atom is 0.277 e. The molecule has 0 spiro atoms. The summed E-state index contributed by atoms with van der Waals surface area (Å²) < 4.78 is 16.5. The van der Waals surface area contributed by atoms with Gasteiger partial charge >= 0.3 is 0 Å². The molecule has 0 radical (unpaired) electrons. The molecule has 25 heavy (non-hydrogen) atoms. The Kier molecular flexibility index (Phi) is 4.31. The van der Waals surface area contributed by atoms with Gasteiger partial charge in [0, 0.05) is 5.92 Å². The number of carbonyl (C=O) groups is 2. The molecule has 8 nitrogen and oxygen atoms in total. The lowest BCUT2D eigenvalue weighted by Crippen LogP contribution is -2.46. The van der Waals surface area contributed by atoms with Crippen molar-refractivity contribution < 1.29 is 23.5 Å². The zero-order chi connectivity index (χ0) is 17.2. The number of carbonyl (C=O) groups excluding carboxylic acids is 2. The van der Waals surface area contributed by atoms with E-state index in [1.165, 1.54) is 0 Å². The molecule has 1 aliphatic carbocycles. The molecular formula is C16H15N3O5S. The first-order valence-electron chi connectivity index (χ1n) is 7.87. The van der Waals surface area contributed by atoms with E-state index >= 15 is 0 Å². The molecule has 0 bridgehead atoms.